The molecule has 0 radical (unpaired) electrons. The summed E-state index contributed by atoms with van der Waals surface area (Å²) in [7, 11) is 0. The van der Waals surface area contributed by atoms with Gasteiger partial charge in [-0.05, 0) is 25.4 Å². The van der Waals surface area contributed by atoms with Crippen LogP contribution in [0.1, 0.15) is 220 Å². The lowest BCUT2D eigenvalue weighted by Crippen LogP contribution is -2.17. The number of unbranched alkanes of at least 4 members (excludes halogenated alkanes) is 26. The first-order valence-corrected chi connectivity index (χ1v) is 18.6. The van der Waals surface area contributed by atoms with Gasteiger partial charge in [0.15, 0.2) is 0 Å². The van der Waals surface area contributed by atoms with Crippen LogP contribution in [0.4, 0.5) is 0 Å². The Morgan fingerprint density at radius 2 is 0.579 bits per heavy atom. The molecule has 0 fully saturated rings. The van der Waals surface area contributed by atoms with Crippen molar-refractivity contribution in [3.05, 3.63) is 0 Å². The smallest absolute Gasteiger partial charge is 0.00464 e. The Labute approximate surface area is 243 Å². The molecule has 0 bridgehead atoms. The average molecular weight is 536 g/mol. The molecule has 0 rings (SSSR count). The quantitative estimate of drug-likeness (QED) is 0.0808. The summed E-state index contributed by atoms with van der Waals surface area (Å²) in [6.07, 6.45) is 45.5. The van der Waals surface area contributed by atoms with Gasteiger partial charge in [0.2, 0.25) is 0 Å². The zero-order chi connectivity index (χ0) is 27.6. The summed E-state index contributed by atoms with van der Waals surface area (Å²) in [5, 5.41) is 3.58. The van der Waals surface area contributed by atoms with E-state index in [-0.39, 0.29) is 0 Å². The van der Waals surface area contributed by atoms with Gasteiger partial charge in [-0.2, -0.15) is 0 Å². The van der Waals surface area contributed by atoms with Gasteiger partial charge in [0.25, 0.3) is 0 Å². The van der Waals surface area contributed by atoms with E-state index < -0.39 is 0 Å². The third-order valence-corrected chi connectivity index (χ3v) is 8.91. The fraction of sp³-hybridized carbons (Fsp3) is 1.00. The molecule has 0 aliphatic heterocycles. The topological polar surface area (TPSA) is 12.0 Å². The molecule has 1 nitrogen and oxygen atoms in total. The Kier molecular flexibility index (Phi) is 35.0. The lowest BCUT2D eigenvalue weighted by molar-refractivity contribution is 0.374. The van der Waals surface area contributed by atoms with Crippen LogP contribution in [-0.4, -0.2) is 13.1 Å². The molecule has 0 amide bonds. The molecule has 0 saturated heterocycles. The minimum atomic E-state index is 0.976. The SMILES string of the molecule is CCCCCCCCCCCCCCCCC(CCCCCCCCCCCCCCCC)CCNCC. The molecule has 0 aromatic carbocycles. The molecule has 0 aromatic rings. The van der Waals surface area contributed by atoms with Crippen LogP contribution in [0.3, 0.4) is 0 Å². The Morgan fingerprint density at radius 1 is 0.316 bits per heavy atom. The molecule has 38 heavy (non-hydrogen) atoms. The van der Waals surface area contributed by atoms with Gasteiger partial charge >= 0.3 is 0 Å². The summed E-state index contributed by atoms with van der Waals surface area (Å²) >= 11 is 0. The van der Waals surface area contributed by atoms with E-state index in [0.717, 1.165) is 12.5 Å². The summed E-state index contributed by atoms with van der Waals surface area (Å²) in [5.74, 6) is 0.976. The van der Waals surface area contributed by atoms with E-state index in [4.69, 9.17) is 0 Å². The minimum Gasteiger partial charge on any atom is -0.317 e. The molecule has 1 N–H and O–H groups in total. The highest BCUT2D eigenvalue weighted by Gasteiger charge is 2.08. The fourth-order valence-electron chi connectivity index (χ4n) is 6.17. The predicted molar refractivity (Wildman–Crippen MR) is 177 cm³/mol. The molecule has 0 unspecified atom stereocenters. The Balaban J connectivity index is 3.55. The first kappa shape index (κ1) is 38.0. The maximum atomic E-state index is 3.58. The maximum absolute atomic E-state index is 3.58. The second kappa shape index (κ2) is 35.0. The minimum absolute atomic E-state index is 0.976. The maximum Gasteiger partial charge on any atom is -0.00464 e. The van der Waals surface area contributed by atoms with Gasteiger partial charge < -0.3 is 5.32 Å². The molecule has 0 heterocycles. The van der Waals surface area contributed by atoms with Gasteiger partial charge in [0, 0.05) is 0 Å². The molecule has 0 saturated carbocycles. The van der Waals surface area contributed by atoms with E-state index in [1.54, 1.807) is 0 Å². The van der Waals surface area contributed by atoms with E-state index in [1.807, 2.05) is 0 Å². The van der Waals surface area contributed by atoms with Gasteiger partial charge in [0.05, 0.1) is 0 Å². The average Bonchev–Trinajstić information content (AvgIpc) is 2.93. The molecular formula is C37H77N. The monoisotopic (exact) mass is 536 g/mol. The normalized spacial score (nSPS) is 11.7. The van der Waals surface area contributed by atoms with Crippen molar-refractivity contribution in [1.82, 2.24) is 5.32 Å². The molecule has 0 aliphatic carbocycles. The summed E-state index contributed by atoms with van der Waals surface area (Å²) in [6, 6.07) is 0. The number of hydrogen-bond acceptors (Lipinski definition) is 1. The third-order valence-electron chi connectivity index (χ3n) is 8.91. The molecule has 0 atom stereocenters. The zero-order valence-electron chi connectivity index (χ0n) is 27.4. The molecule has 1 heteroatoms. The van der Waals surface area contributed by atoms with Crippen LogP contribution < -0.4 is 5.32 Å². The highest BCUT2D eigenvalue weighted by atomic mass is 14.8. The van der Waals surface area contributed by atoms with Crippen molar-refractivity contribution < 1.29 is 0 Å². The van der Waals surface area contributed by atoms with Crippen molar-refractivity contribution in [2.24, 2.45) is 5.92 Å². The Morgan fingerprint density at radius 3 is 0.842 bits per heavy atom. The summed E-state index contributed by atoms with van der Waals surface area (Å²) in [6.45, 7) is 9.23. The van der Waals surface area contributed by atoms with Crippen LogP contribution in [0, 0.1) is 5.92 Å². The second-order valence-electron chi connectivity index (χ2n) is 12.8. The van der Waals surface area contributed by atoms with Crippen LogP contribution in [0.5, 0.6) is 0 Å². The zero-order valence-corrected chi connectivity index (χ0v) is 27.4. The van der Waals surface area contributed by atoms with E-state index in [1.165, 1.54) is 206 Å². The Bertz CT molecular complexity index is 360. The van der Waals surface area contributed by atoms with E-state index in [2.05, 4.69) is 26.1 Å². The molecule has 230 valence electrons. The van der Waals surface area contributed by atoms with Crippen LogP contribution >= 0.6 is 0 Å². The van der Waals surface area contributed by atoms with Crippen molar-refractivity contribution in [2.45, 2.75) is 220 Å². The highest BCUT2D eigenvalue weighted by molar-refractivity contribution is 4.63. The van der Waals surface area contributed by atoms with Crippen molar-refractivity contribution in [3.63, 3.8) is 0 Å². The van der Waals surface area contributed by atoms with Crippen molar-refractivity contribution >= 4 is 0 Å². The van der Waals surface area contributed by atoms with Gasteiger partial charge in [0.1, 0.15) is 0 Å². The molecular weight excluding hydrogens is 458 g/mol. The van der Waals surface area contributed by atoms with Crippen LogP contribution in [-0.2, 0) is 0 Å². The van der Waals surface area contributed by atoms with Gasteiger partial charge in [-0.15, -0.1) is 0 Å². The molecule has 0 aliphatic rings. The first-order valence-electron chi connectivity index (χ1n) is 18.6. The van der Waals surface area contributed by atoms with Crippen molar-refractivity contribution in [1.29, 1.82) is 0 Å². The second-order valence-corrected chi connectivity index (χ2v) is 12.8. The van der Waals surface area contributed by atoms with E-state index in [0.29, 0.717) is 0 Å². The van der Waals surface area contributed by atoms with Crippen LogP contribution in [0.25, 0.3) is 0 Å². The van der Waals surface area contributed by atoms with Gasteiger partial charge in [-0.25, -0.2) is 0 Å². The third kappa shape index (κ3) is 32.2. The standard InChI is InChI=1S/C37H77N/c1-4-7-9-11-13-15-17-19-21-23-25-27-29-31-33-37(35-36-38-6-3)34-32-30-28-26-24-22-20-18-16-14-12-10-8-5-2/h37-38H,4-36H2,1-3H3. The van der Waals surface area contributed by atoms with E-state index in [9.17, 15) is 0 Å². The van der Waals surface area contributed by atoms with Crippen molar-refractivity contribution in [2.75, 3.05) is 13.1 Å². The predicted octanol–water partition coefficient (Wildman–Crippen LogP) is 13.3. The summed E-state index contributed by atoms with van der Waals surface area (Å²) in [4.78, 5) is 0. The van der Waals surface area contributed by atoms with Crippen LogP contribution in [0.2, 0.25) is 0 Å². The van der Waals surface area contributed by atoms with Crippen LogP contribution in [0.15, 0.2) is 0 Å². The molecule has 0 aromatic heterocycles. The van der Waals surface area contributed by atoms with E-state index >= 15 is 0 Å². The lowest BCUT2D eigenvalue weighted by Gasteiger charge is -2.17. The van der Waals surface area contributed by atoms with Gasteiger partial charge in [-0.1, -0.05) is 213 Å². The molecule has 0 spiro atoms. The summed E-state index contributed by atoms with van der Waals surface area (Å²) < 4.78 is 0. The lowest BCUT2D eigenvalue weighted by atomic mass is 9.91. The number of hydrogen-bond donors (Lipinski definition) is 1. The fourth-order valence-corrected chi connectivity index (χ4v) is 6.17. The highest BCUT2D eigenvalue weighted by Crippen LogP contribution is 2.22. The first-order chi connectivity index (χ1) is 18.8. The van der Waals surface area contributed by atoms with Gasteiger partial charge in [-0.3, -0.25) is 0 Å². The Hall–Kier alpha value is -0.0400. The van der Waals surface area contributed by atoms with Crippen molar-refractivity contribution in [3.8, 4) is 0 Å². The summed E-state index contributed by atoms with van der Waals surface area (Å²) in [5.41, 5.74) is 0. The number of nitrogens with one attached hydrogen (secondary N) is 1. The largest absolute Gasteiger partial charge is 0.317 e. The number of rotatable bonds is 34.